The molecule has 1 heterocycles. The largest absolute Gasteiger partial charge is 0.511 e. The molecular formula is C93H148N8O22. The van der Waals surface area contributed by atoms with Gasteiger partial charge in [0.2, 0.25) is 53.9 Å². The van der Waals surface area contributed by atoms with Gasteiger partial charge in [-0.1, -0.05) is 148 Å². The van der Waals surface area contributed by atoms with Crippen LogP contribution in [0, 0.1) is 93.7 Å². The van der Waals surface area contributed by atoms with Crippen LogP contribution in [-0.2, 0) is 90.9 Å². The van der Waals surface area contributed by atoms with E-state index >= 15 is 24.0 Å². The molecule has 123 heavy (non-hydrogen) atoms. The van der Waals surface area contributed by atoms with Crippen molar-refractivity contribution in [2.75, 3.05) is 69.3 Å². The number of fused-ring (bicyclic) bond motifs is 5. The third kappa shape index (κ3) is 25.5. The van der Waals surface area contributed by atoms with Crippen LogP contribution in [0.15, 0.2) is 36.0 Å². The number of aliphatic hydroxyl groups excluding tert-OH is 1. The van der Waals surface area contributed by atoms with Gasteiger partial charge in [-0.05, 0) is 143 Å². The summed E-state index contributed by atoms with van der Waals surface area (Å²) in [6.45, 7) is 31.0. The average molecular weight is 1730 g/mol. The Kier molecular flexibility index (Phi) is 38.6. The molecule has 0 aromatic heterocycles. The van der Waals surface area contributed by atoms with Crippen LogP contribution in [0.3, 0.4) is 0 Å². The Morgan fingerprint density at radius 1 is 0.593 bits per heavy atom. The Morgan fingerprint density at radius 3 is 1.66 bits per heavy atom. The molecule has 5 rings (SSSR count). The molecule has 30 heteroatoms. The number of ketones is 6. The highest BCUT2D eigenvalue weighted by Crippen LogP contribution is 2.67. The number of carbonyl (C=O) groups is 16. The van der Waals surface area contributed by atoms with E-state index in [0.717, 1.165) is 15.4 Å². The maximum atomic E-state index is 16.0. The van der Waals surface area contributed by atoms with Crippen LogP contribution in [0.4, 0.5) is 4.79 Å². The molecule has 0 aromatic rings. The molecule has 0 radical (unpaired) electrons. The van der Waals surface area contributed by atoms with E-state index in [1.54, 1.807) is 87.5 Å². The van der Waals surface area contributed by atoms with Gasteiger partial charge in [0.15, 0.2) is 29.7 Å². The number of nitrogens with two attached hydrogens (primary N) is 1. The van der Waals surface area contributed by atoms with E-state index in [0.29, 0.717) is 19.3 Å². The highest BCUT2D eigenvalue weighted by Gasteiger charge is 2.68. The lowest BCUT2D eigenvalue weighted by Crippen LogP contribution is -2.62. The van der Waals surface area contributed by atoms with Gasteiger partial charge < -0.3 is 69.2 Å². The molecule has 4 N–H and O–H groups in total. The fraction of sp³-hybridized carbons (Fsp3) is 0.763. The minimum atomic E-state index is -2.00. The summed E-state index contributed by atoms with van der Waals surface area (Å²) in [5.41, 5.74) is 3.37. The van der Waals surface area contributed by atoms with Crippen molar-refractivity contribution >= 4 is 94.1 Å². The molecule has 30 nitrogen and oxygen atoms in total. The van der Waals surface area contributed by atoms with E-state index in [9.17, 15) is 63.0 Å². The van der Waals surface area contributed by atoms with E-state index in [2.05, 4.69) is 0 Å². The number of ether oxygens (including phenoxy) is 4. The third-order valence-corrected chi connectivity index (χ3v) is 27.1. The summed E-state index contributed by atoms with van der Waals surface area (Å²) in [5, 5.41) is 24.2. The zero-order chi connectivity index (χ0) is 93.4. The van der Waals surface area contributed by atoms with Crippen molar-refractivity contribution in [2.45, 2.75) is 294 Å². The first kappa shape index (κ1) is 105. The van der Waals surface area contributed by atoms with Gasteiger partial charge in [-0.2, -0.15) is 0 Å². The third-order valence-electron chi connectivity index (χ3n) is 27.1. The second-order valence-corrected chi connectivity index (χ2v) is 38.9. The summed E-state index contributed by atoms with van der Waals surface area (Å²) in [6, 6.07) is -9.62. The molecule has 0 spiro atoms. The summed E-state index contributed by atoms with van der Waals surface area (Å²) >= 11 is 0. The normalized spacial score (nSPS) is 30.8. The van der Waals surface area contributed by atoms with Crippen molar-refractivity contribution in [3.63, 3.8) is 0 Å². The predicted octanol–water partition coefficient (Wildman–Crippen LogP) is 9.13. The van der Waals surface area contributed by atoms with Crippen molar-refractivity contribution in [1.82, 2.24) is 34.3 Å². The van der Waals surface area contributed by atoms with E-state index in [4.69, 9.17) is 24.7 Å². The van der Waals surface area contributed by atoms with Crippen molar-refractivity contribution in [3.8, 4) is 0 Å². The highest BCUT2D eigenvalue weighted by atomic mass is 16.8. The van der Waals surface area contributed by atoms with Crippen LogP contribution < -0.4 is 5.73 Å². The first-order chi connectivity index (χ1) is 57.1. The first-order valence-electron chi connectivity index (χ1n) is 44.5. The monoisotopic (exact) mass is 1730 g/mol. The number of amides is 7. The molecule has 4 fully saturated rings. The second-order valence-electron chi connectivity index (χ2n) is 38.9. The molecule has 3 unspecified atom stereocenters. The van der Waals surface area contributed by atoms with E-state index in [-0.39, 0.29) is 118 Å². The predicted molar refractivity (Wildman–Crippen MR) is 461 cm³/mol. The van der Waals surface area contributed by atoms with Crippen LogP contribution >= 0.6 is 0 Å². The van der Waals surface area contributed by atoms with Gasteiger partial charge in [0.05, 0.1) is 31.2 Å². The second kappa shape index (κ2) is 45.2. The van der Waals surface area contributed by atoms with Gasteiger partial charge in [0, 0.05) is 115 Å². The maximum Gasteiger partial charge on any atom is 0.511 e. The van der Waals surface area contributed by atoms with Gasteiger partial charge in [-0.25, -0.2) is 4.79 Å². The lowest BCUT2D eigenvalue weighted by Gasteiger charge is -2.59. The minimum absolute atomic E-state index is 0.0293. The van der Waals surface area contributed by atoms with E-state index in [1.807, 2.05) is 68.4 Å². The summed E-state index contributed by atoms with van der Waals surface area (Å²) in [5.74, 6) is -17.6. The molecule has 4 aliphatic carbocycles. The molecule has 1 saturated heterocycles. The standard InChI is InChI=1S/C93H148N8O22/c1-27-29-30-57(15)82(123-90(118)122-50-121-89(117)66(94)46-78(110)120-49-76(108)93(119)36-34-65-63-32-31-61-44-62(102)33-35-91(61,18)79(63)75(107)47-92(65,93)19)81-74(106)43-60(28-2)84(112)95(20)48-77(109)96(21)67(37-51(3)4)73(105)45-64(55(11)12)85(113)97(22)68(38-52(5)6)72(104)41-58(16)71(103)42-59(17)83(111)98(23)69(39-53(7)8)86(114)99(24)70(40-54(9)10)87(115)100(25)80(56(13)14)88(116)101(81)26/h27,29,33,35,44,51-60,63-70,75,79-82,107,119H,28,30-32,34,36-43,45-50,94H2,1-26H3/b29-27+/t57-,58+,59-,60+,63?,64-,65?,66+,67+,68-,69-,70-,75+,79?,80-,81+,82-,91+,92+,93+/m1/s1. The van der Waals surface area contributed by atoms with Crippen LogP contribution in [0.5, 0.6) is 0 Å². The Labute approximate surface area is 730 Å². The minimum Gasteiger partial charge on any atom is -0.457 e. The molecule has 7 amide bonds. The Bertz CT molecular complexity index is 3920. The van der Waals surface area contributed by atoms with Crippen LogP contribution in [0.25, 0.3) is 0 Å². The van der Waals surface area contributed by atoms with Crippen molar-refractivity contribution < 1.29 is 106 Å². The number of nitrogens with zero attached hydrogens (tertiary/aromatic N) is 7. The number of aliphatic hydroxyl groups is 2. The summed E-state index contributed by atoms with van der Waals surface area (Å²) in [6.07, 6.45) is 4.21. The molecule has 3 saturated carbocycles. The molecule has 1 aliphatic heterocycles. The number of likely N-dealkylation sites (N-methyl/N-ethyl adjacent to an activating group) is 7. The quantitative estimate of drug-likeness (QED) is 0.0351. The van der Waals surface area contributed by atoms with Gasteiger partial charge in [-0.3, -0.25) is 71.9 Å². The Balaban J connectivity index is 1.53. The Morgan fingerprint density at radius 2 is 1.11 bits per heavy atom. The van der Waals surface area contributed by atoms with Gasteiger partial charge >= 0.3 is 18.1 Å². The molecule has 692 valence electrons. The maximum absolute atomic E-state index is 16.0. The van der Waals surface area contributed by atoms with Crippen LogP contribution in [0.1, 0.15) is 234 Å². The number of hydrogen-bond donors (Lipinski definition) is 3. The number of esters is 2. The smallest absolute Gasteiger partial charge is 0.457 e. The SMILES string of the molecule is C/C=C/C[C@@H](C)[C@@H](OC(=O)OCOC(=O)[C@@H](N)CC(=O)OCC(=O)[C@@]1(O)CCC2C3CCC4=CC(=O)C=C[C@]4(C)C3[C@@H](O)C[C@@]21C)[C@@H]1C(=O)C[C@H](CC)C(=O)N(C)CC(=O)N(C)[C@@H](CC(C)C)C(=O)C[C@H](C(C)C)C(=O)N(C)[C@H](CC(C)C)C(=O)C[C@H](C)C(=O)C[C@@H](C)C(=O)N(C)[C@H](CC(C)C)C(=O)N(C)[C@H](CC(C)C)C(=O)N(C)[C@H](C(C)C)C(=O)N1C. The number of allylic oxidation sites excluding steroid dienone is 6. The average Bonchev–Trinajstić information content (AvgIpc) is 1.59. The summed E-state index contributed by atoms with van der Waals surface area (Å²) in [4.78, 5) is 242. The number of rotatable bonds is 24. The van der Waals surface area contributed by atoms with Gasteiger partial charge in [0.1, 0.15) is 47.7 Å². The van der Waals surface area contributed by atoms with Crippen LogP contribution in [-0.4, -0.2) is 268 Å². The van der Waals surface area contributed by atoms with Crippen LogP contribution in [0.2, 0.25) is 0 Å². The van der Waals surface area contributed by atoms with Crippen molar-refractivity contribution in [3.05, 3.63) is 36.0 Å². The van der Waals surface area contributed by atoms with Gasteiger partial charge in [-0.15, -0.1) is 0 Å². The molecule has 0 bridgehead atoms. The van der Waals surface area contributed by atoms with Crippen molar-refractivity contribution in [1.29, 1.82) is 0 Å². The lowest BCUT2D eigenvalue weighted by molar-refractivity contribution is -0.181. The molecular weight excluding hydrogens is 1580 g/mol. The molecule has 0 aromatic carbocycles. The summed E-state index contributed by atoms with van der Waals surface area (Å²) in [7, 11) is 9.82. The van der Waals surface area contributed by atoms with Crippen molar-refractivity contribution in [2.24, 2.45) is 99.4 Å². The first-order valence-corrected chi connectivity index (χ1v) is 44.5. The number of hydrogen-bond acceptors (Lipinski definition) is 23. The van der Waals surface area contributed by atoms with Gasteiger partial charge in [0.25, 0.3) is 0 Å². The fourth-order valence-corrected chi connectivity index (χ4v) is 19.7. The molecule has 5 aliphatic rings. The highest BCUT2D eigenvalue weighted by molar-refractivity contribution is 6.02. The fourth-order valence-electron chi connectivity index (χ4n) is 19.7. The summed E-state index contributed by atoms with van der Waals surface area (Å²) < 4.78 is 22.0. The zero-order valence-electron chi connectivity index (χ0n) is 78.4. The topological polar surface area (TPSA) is 399 Å². The Hall–Kier alpha value is -8.38. The van der Waals surface area contributed by atoms with E-state index < -0.39 is 234 Å². The lowest BCUT2D eigenvalue weighted by atomic mass is 9.46. The zero-order valence-corrected chi connectivity index (χ0v) is 78.4. The van der Waals surface area contributed by atoms with E-state index in [1.165, 1.54) is 79.9 Å². The number of carbonyl (C=O) groups excluding carboxylic acids is 16. The molecule has 20 atom stereocenters. The number of Topliss-reactive ketones (excluding diaryl/α,β-unsaturated/α-hetero) is 5.